The van der Waals surface area contributed by atoms with Crippen LogP contribution >= 0.6 is 0 Å². The number of methoxy groups -OCH3 is 1. The molecule has 1 atom stereocenters. The fourth-order valence-corrected chi connectivity index (χ4v) is 1.23. The quantitative estimate of drug-likeness (QED) is 0.812. The minimum absolute atomic E-state index is 0.543. The van der Waals surface area contributed by atoms with Crippen LogP contribution in [0.3, 0.4) is 0 Å². The van der Waals surface area contributed by atoms with Gasteiger partial charge in [0.15, 0.2) is 11.5 Å². The highest BCUT2D eigenvalue weighted by atomic mass is 16.5. The van der Waals surface area contributed by atoms with Crippen molar-refractivity contribution in [3.05, 3.63) is 23.8 Å². The SMILES string of the molecule is CCOc1cc(C(N)C#N)ccc1OC. The van der Waals surface area contributed by atoms with Gasteiger partial charge < -0.3 is 15.2 Å². The summed E-state index contributed by atoms with van der Waals surface area (Å²) in [6.45, 7) is 2.43. The monoisotopic (exact) mass is 206 g/mol. The van der Waals surface area contributed by atoms with E-state index in [9.17, 15) is 0 Å². The average Bonchev–Trinajstić information content (AvgIpc) is 2.28. The van der Waals surface area contributed by atoms with E-state index < -0.39 is 6.04 Å². The first-order valence-electron chi connectivity index (χ1n) is 4.68. The summed E-state index contributed by atoms with van der Waals surface area (Å²) >= 11 is 0. The van der Waals surface area contributed by atoms with E-state index in [-0.39, 0.29) is 0 Å². The highest BCUT2D eigenvalue weighted by molar-refractivity contribution is 5.44. The second-order valence-electron chi connectivity index (χ2n) is 2.95. The van der Waals surface area contributed by atoms with E-state index in [1.807, 2.05) is 13.0 Å². The standard InChI is InChI=1S/C11H14N2O2/c1-3-15-11-6-8(9(13)7-12)4-5-10(11)14-2/h4-6,9H,3,13H2,1-2H3. The molecular formula is C11H14N2O2. The van der Waals surface area contributed by atoms with Crippen molar-refractivity contribution in [1.82, 2.24) is 0 Å². The summed E-state index contributed by atoms with van der Waals surface area (Å²) in [5.74, 6) is 1.26. The van der Waals surface area contributed by atoms with Gasteiger partial charge in [-0.05, 0) is 24.6 Å². The van der Waals surface area contributed by atoms with Gasteiger partial charge in [0, 0.05) is 0 Å². The summed E-state index contributed by atoms with van der Waals surface area (Å²) in [5, 5.41) is 8.69. The van der Waals surface area contributed by atoms with Crippen LogP contribution in [0.2, 0.25) is 0 Å². The fraction of sp³-hybridized carbons (Fsp3) is 0.364. The Morgan fingerprint density at radius 3 is 2.73 bits per heavy atom. The Labute approximate surface area is 89.2 Å². The van der Waals surface area contributed by atoms with Crippen LogP contribution in [0, 0.1) is 11.3 Å². The van der Waals surface area contributed by atoms with Gasteiger partial charge in [-0.3, -0.25) is 0 Å². The van der Waals surface area contributed by atoms with Crippen LogP contribution in [0.25, 0.3) is 0 Å². The number of nitriles is 1. The highest BCUT2D eigenvalue weighted by Crippen LogP contribution is 2.29. The molecule has 4 heteroatoms. The molecule has 0 saturated carbocycles. The largest absolute Gasteiger partial charge is 0.493 e. The molecule has 0 aromatic heterocycles. The van der Waals surface area contributed by atoms with Crippen LogP contribution in [0.15, 0.2) is 18.2 Å². The summed E-state index contributed by atoms with van der Waals surface area (Å²) in [4.78, 5) is 0. The Hall–Kier alpha value is -1.73. The van der Waals surface area contributed by atoms with E-state index in [2.05, 4.69) is 0 Å². The Bertz CT molecular complexity index is 371. The number of ether oxygens (including phenoxy) is 2. The maximum absolute atomic E-state index is 8.69. The van der Waals surface area contributed by atoms with Gasteiger partial charge in [-0.25, -0.2) is 0 Å². The summed E-state index contributed by atoms with van der Waals surface area (Å²) in [6.07, 6.45) is 0. The summed E-state index contributed by atoms with van der Waals surface area (Å²) in [6, 6.07) is 6.58. The molecular weight excluding hydrogens is 192 g/mol. The fourth-order valence-electron chi connectivity index (χ4n) is 1.23. The van der Waals surface area contributed by atoms with Crippen LogP contribution in [0.5, 0.6) is 11.5 Å². The Kier molecular flexibility index (Phi) is 3.95. The molecule has 0 radical (unpaired) electrons. The minimum atomic E-state index is -0.630. The number of hydrogen-bond acceptors (Lipinski definition) is 4. The van der Waals surface area contributed by atoms with Gasteiger partial charge in [-0.2, -0.15) is 5.26 Å². The van der Waals surface area contributed by atoms with E-state index in [4.69, 9.17) is 20.5 Å². The molecule has 1 rings (SSSR count). The van der Waals surface area contributed by atoms with E-state index in [1.165, 1.54) is 0 Å². The van der Waals surface area contributed by atoms with E-state index in [1.54, 1.807) is 25.3 Å². The number of nitrogens with zero attached hydrogens (tertiary/aromatic N) is 1. The number of nitrogens with two attached hydrogens (primary N) is 1. The zero-order chi connectivity index (χ0) is 11.3. The maximum Gasteiger partial charge on any atom is 0.161 e. The van der Waals surface area contributed by atoms with E-state index in [0.717, 1.165) is 5.56 Å². The van der Waals surface area contributed by atoms with Crippen LogP contribution in [-0.2, 0) is 0 Å². The third-order valence-electron chi connectivity index (χ3n) is 1.99. The zero-order valence-corrected chi connectivity index (χ0v) is 8.86. The van der Waals surface area contributed by atoms with Gasteiger partial charge in [-0.15, -0.1) is 0 Å². The zero-order valence-electron chi connectivity index (χ0n) is 8.86. The smallest absolute Gasteiger partial charge is 0.161 e. The van der Waals surface area contributed by atoms with Crippen molar-refractivity contribution < 1.29 is 9.47 Å². The van der Waals surface area contributed by atoms with Crippen molar-refractivity contribution in [2.45, 2.75) is 13.0 Å². The molecule has 2 N–H and O–H groups in total. The lowest BCUT2D eigenvalue weighted by Gasteiger charge is -2.11. The molecule has 0 fully saturated rings. The normalized spacial score (nSPS) is 11.6. The molecule has 0 saturated heterocycles. The third-order valence-corrected chi connectivity index (χ3v) is 1.99. The summed E-state index contributed by atoms with van der Waals surface area (Å²) in [7, 11) is 1.57. The first-order chi connectivity index (χ1) is 7.22. The van der Waals surface area contributed by atoms with Crippen LogP contribution < -0.4 is 15.2 Å². The predicted molar refractivity (Wildman–Crippen MR) is 56.7 cm³/mol. The molecule has 80 valence electrons. The lowest BCUT2D eigenvalue weighted by molar-refractivity contribution is 0.310. The van der Waals surface area contributed by atoms with Gasteiger partial charge in [0.05, 0.1) is 19.8 Å². The van der Waals surface area contributed by atoms with E-state index >= 15 is 0 Å². The molecule has 0 bridgehead atoms. The second-order valence-corrected chi connectivity index (χ2v) is 2.95. The van der Waals surface area contributed by atoms with E-state index in [0.29, 0.717) is 18.1 Å². The molecule has 0 spiro atoms. The van der Waals surface area contributed by atoms with Crippen molar-refractivity contribution in [2.24, 2.45) is 5.73 Å². The lowest BCUT2D eigenvalue weighted by atomic mass is 10.1. The Morgan fingerprint density at radius 2 is 2.20 bits per heavy atom. The number of hydrogen-bond donors (Lipinski definition) is 1. The maximum atomic E-state index is 8.69. The molecule has 15 heavy (non-hydrogen) atoms. The first kappa shape index (κ1) is 11.3. The van der Waals surface area contributed by atoms with Crippen LogP contribution in [-0.4, -0.2) is 13.7 Å². The average molecular weight is 206 g/mol. The first-order valence-corrected chi connectivity index (χ1v) is 4.68. The van der Waals surface area contributed by atoms with Gasteiger partial charge in [0.25, 0.3) is 0 Å². The molecule has 0 aliphatic heterocycles. The topological polar surface area (TPSA) is 68.3 Å². The molecule has 1 aromatic rings. The van der Waals surface area contributed by atoms with Crippen molar-refractivity contribution in [2.75, 3.05) is 13.7 Å². The van der Waals surface area contributed by atoms with Crippen LogP contribution in [0.1, 0.15) is 18.5 Å². The summed E-state index contributed by atoms with van der Waals surface area (Å²) in [5.41, 5.74) is 6.32. The Balaban J connectivity index is 3.05. The van der Waals surface area contributed by atoms with Gasteiger partial charge in [0.1, 0.15) is 6.04 Å². The number of benzene rings is 1. The second kappa shape index (κ2) is 5.23. The van der Waals surface area contributed by atoms with Crippen molar-refractivity contribution in [1.29, 1.82) is 5.26 Å². The number of rotatable bonds is 4. The molecule has 1 aromatic carbocycles. The molecule has 1 unspecified atom stereocenters. The molecule has 4 nitrogen and oxygen atoms in total. The Morgan fingerprint density at radius 1 is 1.47 bits per heavy atom. The van der Waals surface area contributed by atoms with Crippen molar-refractivity contribution in [3.8, 4) is 17.6 Å². The predicted octanol–water partition coefficient (Wildman–Crippen LogP) is 1.62. The van der Waals surface area contributed by atoms with Crippen molar-refractivity contribution >= 4 is 0 Å². The highest BCUT2D eigenvalue weighted by Gasteiger charge is 2.09. The summed E-state index contributed by atoms with van der Waals surface area (Å²) < 4.78 is 10.5. The van der Waals surface area contributed by atoms with Crippen molar-refractivity contribution in [3.63, 3.8) is 0 Å². The third kappa shape index (κ3) is 2.61. The molecule has 0 aliphatic rings. The minimum Gasteiger partial charge on any atom is -0.493 e. The lowest BCUT2D eigenvalue weighted by Crippen LogP contribution is -2.07. The molecule has 0 heterocycles. The van der Waals surface area contributed by atoms with Gasteiger partial charge >= 0.3 is 0 Å². The van der Waals surface area contributed by atoms with Gasteiger partial charge in [0.2, 0.25) is 0 Å². The molecule has 0 aliphatic carbocycles. The van der Waals surface area contributed by atoms with Gasteiger partial charge in [-0.1, -0.05) is 6.07 Å². The van der Waals surface area contributed by atoms with Crippen LogP contribution in [0.4, 0.5) is 0 Å². The molecule has 0 amide bonds.